The maximum Gasteiger partial charge on any atom is 0.243 e. The Morgan fingerprint density at radius 1 is 1.44 bits per heavy atom. The molecule has 18 heavy (non-hydrogen) atoms. The molecule has 2 aromatic heterocycles. The molecule has 96 valence electrons. The summed E-state index contributed by atoms with van der Waals surface area (Å²) < 4.78 is 1.71. The van der Waals surface area contributed by atoms with Crippen LogP contribution in [0.4, 0.5) is 5.95 Å². The van der Waals surface area contributed by atoms with E-state index >= 15 is 0 Å². The van der Waals surface area contributed by atoms with Crippen molar-refractivity contribution in [2.45, 2.75) is 32.6 Å². The van der Waals surface area contributed by atoms with Crippen molar-refractivity contribution in [3.63, 3.8) is 0 Å². The summed E-state index contributed by atoms with van der Waals surface area (Å²) in [5.41, 5.74) is 1.29. The van der Waals surface area contributed by atoms with Gasteiger partial charge in [0.1, 0.15) is 0 Å². The van der Waals surface area contributed by atoms with Gasteiger partial charge in [-0.15, -0.1) is 5.10 Å². The van der Waals surface area contributed by atoms with Crippen LogP contribution in [0.5, 0.6) is 0 Å². The standard InChI is InChI=1S/C13H17ClN4/c1-2-13(6-3-7-13)9-15-12-16-11-5-4-10(14)8-18(11)17-12/h4-5,8H,2-3,6-7,9H2,1H3,(H,15,17). The molecule has 0 bridgehead atoms. The summed E-state index contributed by atoms with van der Waals surface area (Å²) >= 11 is 5.92. The van der Waals surface area contributed by atoms with E-state index in [-0.39, 0.29) is 0 Å². The first kappa shape index (κ1) is 11.8. The molecule has 0 atom stereocenters. The van der Waals surface area contributed by atoms with Crippen molar-refractivity contribution in [1.29, 1.82) is 0 Å². The van der Waals surface area contributed by atoms with Gasteiger partial charge in [0.15, 0.2) is 5.65 Å². The molecule has 0 amide bonds. The van der Waals surface area contributed by atoms with Gasteiger partial charge in [0, 0.05) is 12.7 Å². The molecule has 1 N–H and O–H groups in total. The summed E-state index contributed by atoms with van der Waals surface area (Å²) in [7, 11) is 0. The van der Waals surface area contributed by atoms with Crippen LogP contribution in [0.3, 0.4) is 0 Å². The van der Waals surface area contributed by atoms with E-state index in [1.54, 1.807) is 10.7 Å². The van der Waals surface area contributed by atoms with Gasteiger partial charge >= 0.3 is 0 Å². The molecule has 0 aromatic carbocycles. The Hall–Kier alpha value is -1.29. The van der Waals surface area contributed by atoms with Crippen molar-refractivity contribution < 1.29 is 0 Å². The van der Waals surface area contributed by atoms with Crippen LogP contribution in [0.2, 0.25) is 5.02 Å². The van der Waals surface area contributed by atoms with Crippen molar-refractivity contribution in [2.75, 3.05) is 11.9 Å². The van der Waals surface area contributed by atoms with E-state index in [1.165, 1.54) is 25.7 Å². The van der Waals surface area contributed by atoms with Gasteiger partial charge in [-0.05, 0) is 36.8 Å². The van der Waals surface area contributed by atoms with Crippen LogP contribution in [0.25, 0.3) is 5.65 Å². The minimum atomic E-state index is 0.467. The topological polar surface area (TPSA) is 42.2 Å². The SMILES string of the molecule is CCC1(CNc2nc3ccc(Cl)cn3n2)CCC1. The van der Waals surface area contributed by atoms with Crippen molar-refractivity contribution in [3.05, 3.63) is 23.4 Å². The first-order valence-electron chi connectivity index (χ1n) is 6.47. The fourth-order valence-corrected chi connectivity index (χ4v) is 2.69. The lowest BCUT2D eigenvalue weighted by molar-refractivity contribution is 0.144. The van der Waals surface area contributed by atoms with Crippen molar-refractivity contribution >= 4 is 23.2 Å². The second-order valence-corrected chi connectivity index (χ2v) is 5.58. The number of hydrogen-bond acceptors (Lipinski definition) is 3. The molecule has 1 aliphatic rings. The van der Waals surface area contributed by atoms with Crippen LogP contribution in [-0.4, -0.2) is 21.1 Å². The molecule has 0 aliphatic heterocycles. The van der Waals surface area contributed by atoms with E-state index < -0.39 is 0 Å². The van der Waals surface area contributed by atoms with Crippen LogP contribution in [0.1, 0.15) is 32.6 Å². The fraction of sp³-hybridized carbons (Fsp3) is 0.538. The second-order valence-electron chi connectivity index (χ2n) is 5.15. The minimum absolute atomic E-state index is 0.467. The molecular formula is C13H17ClN4. The normalized spacial score (nSPS) is 17.7. The average Bonchev–Trinajstić information content (AvgIpc) is 2.70. The number of nitrogens with one attached hydrogen (secondary N) is 1. The van der Waals surface area contributed by atoms with E-state index in [1.807, 2.05) is 12.1 Å². The summed E-state index contributed by atoms with van der Waals surface area (Å²) in [6.45, 7) is 3.23. The fourth-order valence-electron chi connectivity index (χ4n) is 2.53. The van der Waals surface area contributed by atoms with Crippen LogP contribution in [0.15, 0.2) is 18.3 Å². The largest absolute Gasteiger partial charge is 0.352 e. The summed E-state index contributed by atoms with van der Waals surface area (Å²) in [4.78, 5) is 4.43. The zero-order valence-electron chi connectivity index (χ0n) is 10.5. The minimum Gasteiger partial charge on any atom is -0.352 e. The molecule has 0 saturated heterocycles. The lowest BCUT2D eigenvalue weighted by Crippen LogP contribution is -2.36. The number of pyridine rings is 1. The van der Waals surface area contributed by atoms with Crippen LogP contribution < -0.4 is 5.32 Å². The molecule has 1 aliphatic carbocycles. The van der Waals surface area contributed by atoms with Crippen molar-refractivity contribution in [2.24, 2.45) is 5.41 Å². The van der Waals surface area contributed by atoms with E-state index in [0.717, 1.165) is 12.2 Å². The number of aromatic nitrogens is 3. The summed E-state index contributed by atoms with van der Waals surface area (Å²) in [6, 6.07) is 3.70. The molecule has 0 radical (unpaired) electrons. The first-order valence-corrected chi connectivity index (χ1v) is 6.84. The van der Waals surface area contributed by atoms with E-state index in [0.29, 0.717) is 16.4 Å². The highest BCUT2D eigenvalue weighted by Gasteiger charge is 2.34. The Labute approximate surface area is 111 Å². The lowest BCUT2D eigenvalue weighted by Gasteiger charge is -2.41. The zero-order valence-corrected chi connectivity index (χ0v) is 11.2. The lowest BCUT2D eigenvalue weighted by atomic mass is 9.67. The monoisotopic (exact) mass is 264 g/mol. The first-order chi connectivity index (χ1) is 8.71. The van der Waals surface area contributed by atoms with Crippen LogP contribution in [-0.2, 0) is 0 Å². The van der Waals surface area contributed by atoms with E-state index in [9.17, 15) is 0 Å². The van der Waals surface area contributed by atoms with Gasteiger partial charge < -0.3 is 5.32 Å². The molecule has 2 heterocycles. The molecule has 1 saturated carbocycles. The van der Waals surface area contributed by atoms with Gasteiger partial charge in [-0.2, -0.15) is 4.98 Å². The second kappa shape index (κ2) is 4.43. The molecule has 4 nitrogen and oxygen atoms in total. The smallest absolute Gasteiger partial charge is 0.243 e. The number of hydrogen-bond donors (Lipinski definition) is 1. The average molecular weight is 265 g/mol. The summed E-state index contributed by atoms with van der Waals surface area (Å²) in [5.74, 6) is 0.692. The maximum atomic E-state index is 5.92. The van der Waals surface area contributed by atoms with Gasteiger partial charge in [-0.1, -0.05) is 24.9 Å². The van der Waals surface area contributed by atoms with Crippen molar-refractivity contribution in [3.8, 4) is 0 Å². The Kier molecular flexibility index (Phi) is 2.90. The number of nitrogens with zero attached hydrogens (tertiary/aromatic N) is 3. The number of anilines is 1. The van der Waals surface area contributed by atoms with Gasteiger partial charge in [0.2, 0.25) is 5.95 Å². The Balaban J connectivity index is 1.74. The number of fused-ring (bicyclic) bond motifs is 1. The maximum absolute atomic E-state index is 5.92. The Morgan fingerprint density at radius 3 is 2.94 bits per heavy atom. The Bertz CT molecular complexity index is 554. The Morgan fingerprint density at radius 2 is 2.28 bits per heavy atom. The van der Waals surface area contributed by atoms with Gasteiger partial charge in [-0.3, -0.25) is 0 Å². The highest BCUT2D eigenvalue weighted by molar-refractivity contribution is 6.30. The van der Waals surface area contributed by atoms with Gasteiger partial charge in [0.05, 0.1) is 5.02 Å². The molecule has 0 unspecified atom stereocenters. The van der Waals surface area contributed by atoms with E-state index in [2.05, 4.69) is 22.3 Å². The third-order valence-corrected chi connectivity index (χ3v) is 4.30. The predicted molar refractivity (Wildman–Crippen MR) is 73.1 cm³/mol. The van der Waals surface area contributed by atoms with Crippen LogP contribution in [0, 0.1) is 5.41 Å². The van der Waals surface area contributed by atoms with E-state index in [4.69, 9.17) is 11.6 Å². The highest BCUT2D eigenvalue weighted by Crippen LogP contribution is 2.43. The van der Waals surface area contributed by atoms with Crippen molar-refractivity contribution in [1.82, 2.24) is 14.6 Å². The molecule has 3 rings (SSSR count). The summed E-state index contributed by atoms with van der Waals surface area (Å²) in [6.07, 6.45) is 6.97. The van der Waals surface area contributed by atoms with Crippen LogP contribution >= 0.6 is 11.6 Å². The third kappa shape index (κ3) is 2.05. The molecule has 5 heteroatoms. The number of rotatable bonds is 4. The zero-order chi connectivity index (χ0) is 12.6. The molecular weight excluding hydrogens is 248 g/mol. The third-order valence-electron chi connectivity index (χ3n) is 4.08. The van der Waals surface area contributed by atoms with Gasteiger partial charge in [-0.25, -0.2) is 4.52 Å². The predicted octanol–water partition coefficient (Wildman–Crippen LogP) is 3.37. The molecule has 0 spiro atoms. The summed E-state index contributed by atoms with van der Waals surface area (Å²) in [5, 5.41) is 8.41. The highest BCUT2D eigenvalue weighted by atomic mass is 35.5. The number of halogens is 1. The quantitative estimate of drug-likeness (QED) is 0.921. The van der Waals surface area contributed by atoms with Gasteiger partial charge in [0.25, 0.3) is 0 Å². The molecule has 1 fully saturated rings. The molecule has 2 aromatic rings.